The van der Waals surface area contributed by atoms with Gasteiger partial charge in [-0.05, 0) is 13.0 Å². The standard InChI is InChI=1S/C23H24O13/c1-8-23-19(29)13-10(18(28)22(23,36-23)7-9(33-8)6-12(24)32-2)4-3-5-11(13)34-21-16(27)14(25)15(26)17(35-21)20(30)31/h3-5,8-9,14-17,21,25-27H,6-7H2,1-2H3,(H,30,31). The minimum atomic E-state index is -1.93. The Morgan fingerprint density at radius 3 is 2.47 bits per heavy atom. The number of hydrogen-bond donors (Lipinski definition) is 4. The monoisotopic (exact) mass is 508 g/mol. The van der Waals surface area contributed by atoms with E-state index >= 15 is 0 Å². The van der Waals surface area contributed by atoms with Gasteiger partial charge in [-0.2, -0.15) is 0 Å². The molecule has 194 valence electrons. The Hall–Kier alpha value is -2.94. The number of esters is 1. The van der Waals surface area contributed by atoms with Gasteiger partial charge in [0.05, 0.1) is 31.3 Å². The smallest absolute Gasteiger partial charge is 0.335 e. The van der Waals surface area contributed by atoms with Crippen molar-refractivity contribution in [1.29, 1.82) is 0 Å². The third-order valence-corrected chi connectivity index (χ3v) is 7.26. The van der Waals surface area contributed by atoms with Gasteiger partial charge in [0.15, 0.2) is 23.1 Å². The highest BCUT2D eigenvalue weighted by Gasteiger charge is 2.85. The number of aliphatic hydroxyl groups excluding tert-OH is 3. The fourth-order valence-corrected chi connectivity index (χ4v) is 5.45. The second-order valence-electron chi connectivity index (χ2n) is 9.24. The van der Waals surface area contributed by atoms with E-state index < -0.39 is 77.6 Å². The minimum absolute atomic E-state index is 0.0304. The molecule has 1 aromatic rings. The van der Waals surface area contributed by atoms with Gasteiger partial charge in [-0.15, -0.1) is 0 Å². The maximum absolute atomic E-state index is 13.8. The Bertz CT molecular complexity index is 1150. The summed E-state index contributed by atoms with van der Waals surface area (Å²) in [5, 5.41) is 39.5. The van der Waals surface area contributed by atoms with Crippen LogP contribution >= 0.6 is 0 Å². The molecule has 9 unspecified atom stereocenters. The van der Waals surface area contributed by atoms with E-state index in [1.807, 2.05) is 0 Å². The third-order valence-electron chi connectivity index (χ3n) is 7.26. The second kappa shape index (κ2) is 8.30. The number of aliphatic carboxylic acids is 1. The number of fused-ring (bicyclic) bond motifs is 1. The van der Waals surface area contributed by atoms with E-state index in [-0.39, 0.29) is 29.7 Å². The number of carbonyl (C=O) groups excluding carboxylic acids is 3. The SMILES string of the molecule is COC(=O)CC1CC23OC2(C(=O)c2c(OC4OC(C(=O)O)C(O)C(O)C4O)cccc2C3=O)C(C)O1. The third kappa shape index (κ3) is 3.24. The van der Waals surface area contributed by atoms with Gasteiger partial charge in [0.1, 0.15) is 24.1 Å². The number of aliphatic hydroxyl groups is 3. The summed E-state index contributed by atoms with van der Waals surface area (Å²) in [5.74, 6) is -3.51. The normalized spacial score (nSPS) is 41.0. The molecule has 3 saturated heterocycles. The Morgan fingerprint density at radius 2 is 1.81 bits per heavy atom. The largest absolute Gasteiger partial charge is 0.479 e. The molecular weight excluding hydrogens is 484 g/mol. The second-order valence-corrected chi connectivity index (χ2v) is 9.24. The molecule has 0 spiro atoms. The molecule has 0 amide bonds. The number of Topliss-reactive ketones (excluding diaryl/α,β-unsaturated/α-hetero) is 2. The number of carbonyl (C=O) groups is 4. The van der Waals surface area contributed by atoms with Crippen LogP contribution in [0, 0.1) is 0 Å². The van der Waals surface area contributed by atoms with Crippen molar-refractivity contribution in [3.8, 4) is 5.75 Å². The van der Waals surface area contributed by atoms with Crippen LogP contribution in [0.1, 0.15) is 40.5 Å². The van der Waals surface area contributed by atoms with Crippen LogP contribution in [0.3, 0.4) is 0 Å². The molecule has 0 radical (unpaired) electrons. The molecule has 4 N–H and O–H groups in total. The number of methoxy groups -OCH3 is 1. The van der Waals surface area contributed by atoms with Gasteiger partial charge in [0, 0.05) is 12.0 Å². The van der Waals surface area contributed by atoms with Crippen LogP contribution in [-0.2, 0) is 28.5 Å². The predicted molar refractivity (Wildman–Crippen MR) is 112 cm³/mol. The summed E-state index contributed by atoms with van der Waals surface area (Å²) >= 11 is 0. The lowest BCUT2D eigenvalue weighted by atomic mass is 9.68. The minimum Gasteiger partial charge on any atom is -0.479 e. The highest BCUT2D eigenvalue weighted by atomic mass is 16.7. The van der Waals surface area contributed by atoms with Gasteiger partial charge < -0.3 is 44.1 Å². The van der Waals surface area contributed by atoms with Crippen molar-refractivity contribution in [3.05, 3.63) is 29.3 Å². The van der Waals surface area contributed by atoms with E-state index in [4.69, 9.17) is 18.9 Å². The van der Waals surface area contributed by atoms with Crippen molar-refractivity contribution in [3.63, 3.8) is 0 Å². The summed E-state index contributed by atoms with van der Waals surface area (Å²) in [7, 11) is 1.23. The molecule has 3 aliphatic heterocycles. The van der Waals surface area contributed by atoms with Crippen LogP contribution < -0.4 is 4.74 Å². The van der Waals surface area contributed by atoms with Crippen molar-refractivity contribution in [2.24, 2.45) is 0 Å². The molecule has 3 fully saturated rings. The van der Waals surface area contributed by atoms with E-state index in [1.54, 1.807) is 6.92 Å². The zero-order valence-corrected chi connectivity index (χ0v) is 19.2. The van der Waals surface area contributed by atoms with Gasteiger partial charge in [-0.3, -0.25) is 14.4 Å². The molecule has 4 aliphatic rings. The molecule has 36 heavy (non-hydrogen) atoms. The van der Waals surface area contributed by atoms with Crippen LogP contribution in [0.15, 0.2) is 18.2 Å². The molecule has 13 nitrogen and oxygen atoms in total. The maximum Gasteiger partial charge on any atom is 0.335 e. The highest BCUT2D eigenvalue weighted by molar-refractivity contribution is 6.26. The van der Waals surface area contributed by atoms with E-state index in [2.05, 4.69) is 4.74 Å². The molecule has 9 atom stereocenters. The average molecular weight is 508 g/mol. The summed E-state index contributed by atoms with van der Waals surface area (Å²) < 4.78 is 27.1. The first-order valence-corrected chi connectivity index (χ1v) is 11.2. The van der Waals surface area contributed by atoms with Crippen LogP contribution in [0.4, 0.5) is 0 Å². The van der Waals surface area contributed by atoms with Gasteiger partial charge in [-0.1, -0.05) is 12.1 Å². The van der Waals surface area contributed by atoms with E-state index in [0.717, 1.165) is 0 Å². The van der Waals surface area contributed by atoms with Crippen LogP contribution in [-0.4, -0.2) is 105 Å². The predicted octanol–water partition coefficient (Wildman–Crippen LogP) is -1.42. The number of benzene rings is 1. The number of rotatable bonds is 5. The summed E-state index contributed by atoms with van der Waals surface area (Å²) in [6.07, 6.45) is -11.2. The van der Waals surface area contributed by atoms with Gasteiger partial charge in [-0.25, -0.2) is 4.79 Å². The van der Waals surface area contributed by atoms with Gasteiger partial charge in [0.2, 0.25) is 12.1 Å². The first-order chi connectivity index (χ1) is 17.0. The molecular formula is C23H24O13. The molecule has 3 heterocycles. The quantitative estimate of drug-likeness (QED) is 0.267. The molecule has 1 aliphatic carbocycles. The van der Waals surface area contributed by atoms with Crippen LogP contribution in [0.2, 0.25) is 0 Å². The fraction of sp³-hybridized carbons (Fsp3) is 0.565. The fourth-order valence-electron chi connectivity index (χ4n) is 5.45. The number of carboxylic acids is 1. The zero-order valence-electron chi connectivity index (χ0n) is 19.2. The number of ketones is 2. The number of carboxylic acid groups (broad SMARTS) is 1. The van der Waals surface area contributed by atoms with Gasteiger partial charge in [0.25, 0.3) is 0 Å². The Balaban J connectivity index is 1.48. The van der Waals surface area contributed by atoms with E-state index in [9.17, 15) is 39.6 Å². The van der Waals surface area contributed by atoms with Crippen molar-refractivity contribution < 1.29 is 63.3 Å². The molecule has 0 saturated carbocycles. The summed E-state index contributed by atoms with van der Waals surface area (Å²) in [4.78, 5) is 50.5. The average Bonchev–Trinajstić information content (AvgIpc) is 3.55. The summed E-state index contributed by atoms with van der Waals surface area (Å²) in [5.41, 5.74) is -3.39. The number of ether oxygens (including phenoxy) is 5. The topological polar surface area (TPSA) is 199 Å². The first-order valence-electron chi connectivity index (χ1n) is 11.2. The van der Waals surface area contributed by atoms with E-state index in [1.165, 1.54) is 25.3 Å². The van der Waals surface area contributed by atoms with Crippen molar-refractivity contribution in [2.75, 3.05) is 7.11 Å². The van der Waals surface area contributed by atoms with Crippen LogP contribution in [0.5, 0.6) is 5.75 Å². The number of epoxide rings is 1. The first kappa shape index (κ1) is 24.7. The molecule has 13 heteroatoms. The Morgan fingerprint density at radius 1 is 1.08 bits per heavy atom. The van der Waals surface area contributed by atoms with Crippen molar-refractivity contribution in [2.45, 2.75) is 73.9 Å². The Kier molecular flexibility index (Phi) is 5.70. The molecule has 1 aromatic carbocycles. The number of hydrogen-bond acceptors (Lipinski definition) is 12. The van der Waals surface area contributed by atoms with Crippen molar-refractivity contribution in [1.82, 2.24) is 0 Å². The summed E-state index contributed by atoms with van der Waals surface area (Å²) in [6.45, 7) is 1.55. The lowest BCUT2D eigenvalue weighted by Gasteiger charge is -2.39. The van der Waals surface area contributed by atoms with Crippen molar-refractivity contribution >= 4 is 23.5 Å². The zero-order chi connectivity index (χ0) is 26.2. The summed E-state index contributed by atoms with van der Waals surface area (Å²) in [6, 6.07) is 4.12. The maximum atomic E-state index is 13.8. The van der Waals surface area contributed by atoms with E-state index in [0.29, 0.717) is 0 Å². The lowest BCUT2D eigenvalue weighted by Crippen LogP contribution is -2.61. The highest BCUT2D eigenvalue weighted by Crippen LogP contribution is 2.63. The van der Waals surface area contributed by atoms with Crippen LogP contribution in [0.25, 0.3) is 0 Å². The lowest BCUT2D eigenvalue weighted by molar-refractivity contribution is -0.271. The molecule has 0 bridgehead atoms. The molecule has 0 aromatic heterocycles. The van der Waals surface area contributed by atoms with Gasteiger partial charge >= 0.3 is 11.9 Å². The Labute approximate surface area is 203 Å². The molecule has 5 rings (SSSR count).